The summed E-state index contributed by atoms with van der Waals surface area (Å²) in [6.07, 6.45) is 2.63. The number of hydrogen-bond acceptors (Lipinski definition) is 8. The first kappa shape index (κ1) is 23.4. The van der Waals surface area contributed by atoms with Crippen LogP contribution in [0.1, 0.15) is 29.3 Å². The number of anilines is 1. The third-order valence-electron chi connectivity index (χ3n) is 5.25. The number of methoxy groups -OCH3 is 2. The number of carbonyl (C=O) groups excluding carboxylic acids is 1. The van der Waals surface area contributed by atoms with Crippen molar-refractivity contribution in [3.63, 3.8) is 0 Å². The Labute approximate surface area is 187 Å². The number of ether oxygens (including phenoxy) is 2. The molecule has 0 bridgehead atoms. The summed E-state index contributed by atoms with van der Waals surface area (Å²) in [5.74, 6) is -0.617. The van der Waals surface area contributed by atoms with Crippen LogP contribution in [0.25, 0.3) is 11.0 Å². The van der Waals surface area contributed by atoms with Gasteiger partial charge in [-0.2, -0.15) is 0 Å². The molecule has 0 fully saturated rings. The summed E-state index contributed by atoms with van der Waals surface area (Å²) in [5.41, 5.74) is -1.22. The molecule has 0 aliphatic rings. The fraction of sp³-hybridized carbons (Fsp3) is 0.333. The molecule has 1 aromatic carbocycles. The summed E-state index contributed by atoms with van der Waals surface area (Å²) in [6, 6.07) is 2.29. The molecule has 1 amide bonds. The van der Waals surface area contributed by atoms with Crippen molar-refractivity contribution < 1.29 is 19.2 Å². The number of pyridine rings is 1. The molecule has 0 aliphatic carbocycles. The number of aromatic nitrogens is 3. The van der Waals surface area contributed by atoms with E-state index in [1.165, 1.54) is 45.1 Å². The Morgan fingerprint density at radius 3 is 2.36 bits per heavy atom. The van der Waals surface area contributed by atoms with Gasteiger partial charge in [0.15, 0.2) is 17.1 Å². The van der Waals surface area contributed by atoms with Crippen molar-refractivity contribution in [3.05, 3.63) is 60.4 Å². The van der Waals surface area contributed by atoms with Gasteiger partial charge in [-0.15, -0.1) is 0 Å². The van der Waals surface area contributed by atoms with Crippen LogP contribution in [0.15, 0.2) is 27.9 Å². The Hall–Kier alpha value is -4.22. The topological polar surface area (TPSA) is 148 Å². The second-order valence-electron chi connectivity index (χ2n) is 7.25. The van der Waals surface area contributed by atoms with Gasteiger partial charge in [0.2, 0.25) is 0 Å². The number of benzene rings is 1. The molecule has 33 heavy (non-hydrogen) atoms. The van der Waals surface area contributed by atoms with Crippen LogP contribution in [-0.4, -0.2) is 39.2 Å². The first-order valence-corrected chi connectivity index (χ1v) is 9.95. The van der Waals surface area contributed by atoms with Crippen molar-refractivity contribution in [1.82, 2.24) is 14.1 Å². The lowest BCUT2D eigenvalue weighted by Crippen LogP contribution is -2.38. The van der Waals surface area contributed by atoms with Gasteiger partial charge in [-0.25, -0.2) is 9.78 Å². The van der Waals surface area contributed by atoms with Gasteiger partial charge in [-0.3, -0.25) is 28.8 Å². The molecule has 0 spiro atoms. The van der Waals surface area contributed by atoms with E-state index in [0.717, 1.165) is 10.6 Å². The lowest BCUT2D eigenvalue weighted by atomic mass is 10.1. The van der Waals surface area contributed by atoms with Gasteiger partial charge in [0, 0.05) is 26.4 Å². The molecule has 3 rings (SSSR count). The summed E-state index contributed by atoms with van der Waals surface area (Å²) in [4.78, 5) is 53.7. The number of amides is 1. The summed E-state index contributed by atoms with van der Waals surface area (Å²) in [5, 5.41) is 14.3. The molecule has 2 heterocycles. The lowest BCUT2D eigenvalue weighted by molar-refractivity contribution is -0.385. The zero-order chi connectivity index (χ0) is 24.4. The van der Waals surface area contributed by atoms with Gasteiger partial charge in [0.25, 0.3) is 17.2 Å². The molecule has 0 saturated heterocycles. The Kier molecular flexibility index (Phi) is 6.47. The van der Waals surface area contributed by atoms with E-state index in [1.807, 2.05) is 6.92 Å². The largest absolute Gasteiger partial charge is 0.493 e. The summed E-state index contributed by atoms with van der Waals surface area (Å²) in [7, 11) is 5.44. The van der Waals surface area contributed by atoms with Crippen LogP contribution in [0.5, 0.6) is 11.5 Å². The second-order valence-corrected chi connectivity index (χ2v) is 7.25. The van der Waals surface area contributed by atoms with E-state index in [1.54, 1.807) is 0 Å². The number of rotatable bonds is 7. The number of nitrogens with zero attached hydrogens (tertiary/aromatic N) is 4. The van der Waals surface area contributed by atoms with Gasteiger partial charge in [0.05, 0.1) is 30.9 Å². The van der Waals surface area contributed by atoms with E-state index in [9.17, 15) is 24.5 Å². The second kappa shape index (κ2) is 9.10. The molecule has 0 radical (unpaired) electrons. The number of aryl methyl sites for hydroxylation is 2. The van der Waals surface area contributed by atoms with Crippen LogP contribution in [0, 0.1) is 10.1 Å². The van der Waals surface area contributed by atoms with Crippen molar-refractivity contribution in [3.8, 4) is 11.5 Å². The monoisotopic (exact) mass is 457 g/mol. The number of hydrogen-bond donors (Lipinski definition) is 1. The SMILES string of the molecule is CCCc1cnc2c(c1NC(=O)c1cc(OC)c(OC)cc1[N+](=O)[O-])c(=O)n(C)c(=O)n2C. The normalized spacial score (nSPS) is 10.8. The van der Waals surface area contributed by atoms with Crippen molar-refractivity contribution in [2.75, 3.05) is 19.5 Å². The Balaban J connectivity index is 2.28. The first-order chi connectivity index (χ1) is 15.7. The molecule has 174 valence electrons. The summed E-state index contributed by atoms with van der Waals surface area (Å²) < 4.78 is 12.4. The van der Waals surface area contributed by atoms with E-state index in [2.05, 4.69) is 10.3 Å². The van der Waals surface area contributed by atoms with Crippen molar-refractivity contribution in [2.45, 2.75) is 19.8 Å². The number of carbonyl (C=O) groups is 1. The van der Waals surface area contributed by atoms with Crippen LogP contribution in [0.2, 0.25) is 0 Å². The molecule has 12 heteroatoms. The predicted molar refractivity (Wildman–Crippen MR) is 120 cm³/mol. The fourth-order valence-electron chi connectivity index (χ4n) is 3.55. The van der Waals surface area contributed by atoms with Crippen LogP contribution in [0.4, 0.5) is 11.4 Å². The third-order valence-corrected chi connectivity index (χ3v) is 5.25. The van der Waals surface area contributed by atoms with Crippen LogP contribution < -0.4 is 26.0 Å². The quantitative estimate of drug-likeness (QED) is 0.417. The minimum Gasteiger partial charge on any atom is -0.493 e. The van der Waals surface area contributed by atoms with E-state index in [4.69, 9.17) is 9.47 Å². The highest BCUT2D eigenvalue weighted by Crippen LogP contribution is 2.35. The maximum atomic E-state index is 13.2. The average molecular weight is 457 g/mol. The standard InChI is InChI=1S/C21H23N5O7/c1-6-7-11-10-22-18-16(20(28)25(3)21(29)24(18)2)17(11)23-19(27)12-8-14(32-4)15(33-5)9-13(12)26(30)31/h8-10H,6-7H2,1-5H3,(H,22,23,27). The Bertz CT molecular complexity index is 1390. The average Bonchev–Trinajstić information content (AvgIpc) is 2.81. The number of nitro groups is 1. The highest BCUT2D eigenvalue weighted by molar-refractivity contribution is 6.11. The maximum Gasteiger partial charge on any atom is 0.332 e. The molecule has 0 atom stereocenters. The van der Waals surface area contributed by atoms with Crippen molar-refractivity contribution in [2.24, 2.45) is 14.1 Å². The Morgan fingerprint density at radius 2 is 1.79 bits per heavy atom. The molecule has 1 N–H and O–H groups in total. The molecular weight excluding hydrogens is 434 g/mol. The third kappa shape index (κ3) is 4.02. The van der Waals surface area contributed by atoms with E-state index in [0.29, 0.717) is 18.4 Å². The minimum absolute atomic E-state index is 0.0297. The van der Waals surface area contributed by atoms with Crippen LogP contribution in [-0.2, 0) is 20.5 Å². The highest BCUT2D eigenvalue weighted by atomic mass is 16.6. The highest BCUT2D eigenvalue weighted by Gasteiger charge is 2.26. The number of nitrogens with one attached hydrogen (secondary N) is 1. The zero-order valence-corrected chi connectivity index (χ0v) is 18.8. The van der Waals surface area contributed by atoms with Crippen molar-refractivity contribution in [1.29, 1.82) is 0 Å². The van der Waals surface area contributed by atoms with Crippen LogP contribution in [0.3, 0.4) is 0 Å². The molecule has 0 unspecified atom stereocenters. The van der Waals surface area contributed by atoms with Gasteiger partial charge in [0.1, 0.15) is 10.9 Å². The van der Waals surface area contributed by atoms with E-state index in [-0.39, 0.29) is 33.8 Å². The molecule has 3 aromatic rings. The minimum atomic E-state index is -0.830. The first-order valence-electron chi connectivity index (χ1n) is 9.95. The number of fused-ring (bicyclic) bond motifs is 1. The summed E-state index contributed by atoms with van der Waals surface area (Å²) in [6.45, 7) is 1.91. The summed E-state index contributed by atoms with van der Waals surface area (Å²) >= 11 is 0. The molecule has 0 saturated carbocycles. The lowest BCUT2D eigenvalue weighted by Gasteiger charge is -2.16. The Morgan fingerprint density at radius 1 is 1.15 bits per heavy atom. The number of nitro benzene ring substituents is 1. The molecule has 0 aliphatic heterocycles. The molecular formula is C21H23N5O7. The fourth-order valence-corrected chi connectivity index (χ4v) is 3.55. The van der Waals surface area contributed by atoms with Gasteiger partial charge >= 0.3 is 5.69 Å². The van der Waals surface area contributed by atoms with Gasteiger partial charge in [-0.1, -0.05) is 13.3 Å². The maximum absolute atomic E-state index is 13.2. The van der Waals surface area contributed by atoms with E-state index < -0.39 is 27.8 Å². The molecule has 2 aromatic heterocycles. The van der Waals surface area contributed by atoms with Crippen LogP contribution >= 0.6 is 0 Å². The smallest absolute Gasteiger partial charge is 0.332 e. The van der Waals surface area contributed by atoms with Gasteiger partial charge < -0.3 is 14.8 Å². The predicted octanol–water partition coefficient (Wildman–Crippen LogP) is 1.76. The molecule has 12 nitrogen and oxygen atoms in total. The van der Waals surface area contributed by atoms with Gasteiger partial charge in [-0.05, 0) is 12.0 Å². The van der Waals surface area contributed by atoms with E-state index >= 15 is 0 Å². The van der Waals surface area contributed by atoms with Crippen molar-refractivity contribution >= 4 is 28.3 Å². The zero-order valence-electron chi connectivity index (χ0n) is 18.8.